The van der Waals surface area contributed by atoms with Gasteiger partial charge >= 0.3 is 0 Å². The van der Waals surface area contributed by atoms with Crippen LogP contribution in [0.2, 0.25) is 0 Å². The van der Waals surface area contributed by atoms with Gasteiger partial charge in [0.2, 0.25) is 0 Å². The van der Waals surface area contributed by atoms with E-state index in [1.807, 2.05) is 7.05 Å². The summed E-state index contributed by atoms with van der Waals surface area (Å²) in [6, 6.07) is 17.2. The maximum absolute atomic E-state index is 3.21. The highest BCUT2D eigenvalue weighted by molar-refractivity contribution is 5.68. The normalized spacial score (nSPS) is 10.4. The van der Waals surface area contributed by atoms with Crippen LogP contribution in [0, 0.1) is 6.92 Å². The minimum atomic E-state index is 0.907. The van der Waals surface area contributed by atoms with Gasteiger partial charge in [-0.25, -0.2) is 0 Å². The van der Waals surface area contributed by atoms with Crippen LogP contribution in [0.15, 0.2) is 48.5 Å². The molecule has 0 aliphatic heterocycles. The van der Waals surface area contributed by atoms with Gasteiger partial charge in [0, 0.05) is 6.54 Å². The van der Waals surface area contributed by atoms with Crippen LogP contribution in [0.1, 0.15) is 11.1 Å². The molecule has 2 aromatic carbocycles. The monoisotopic (exact) mass is 211 g/mol. The Kier molecular flexibility index (Phi) is 3.37. The molecule has 1 heteroatoms. The van der Waals surface area contributed by atoms with Crippen LogP contribution in [0.5, 0.6) is 0 Å². The molecule has 0 unspecified atom stereocenters. The molecular formula is C15H17N. The van der Waals surface area contributed by atoms with Crippen LogP contribution >= 0.6 is 0 Å². The molecule has 0 bridgehead atoms. The second-order valence-electron chi connectivity index (χ2n) is 4.06. The van der Waals surface area contributed by atoms with E-state index in [9.17, 15) is 0 Å². The van der Waals surface area contributed by atoms with Crippen molar-refractivity contribution < 1.29 is 0 Å². The molecule has 2 aromatic rings. The van der Waals surface area contributed by atoms with E-state index in [2.05, 4.69) is 60.8 Å². The number of rotatable bonds is 3. The number of hydrogen-bond donors (Lipinski definition) is 1. The zero-order valence-electron chi connectivity index (χ0n) is 9.83. The molecule has 0 spiro atoms. The van der Waals surface area contributed by atoms with E-state index in [-0.39, 0.29) is 0 Å². The lowest BCUT2D eigenvalue weighted by atomic mass is 9.97. The molecule has 0 atom stereocenters. The van der Waals surface area contributed by atoms with E-state index in [0.29, 0.717) is 0 Å². The zero-order chi connectivity index (χ0) is 11.4. The Morgan fingerprint density at radius 2 is 1.75 bits per heavy atom. The van der Waals surface area contributed by atoms with Gasteiger partial charge in [0.15, 0.2) is 0 Å². The van der Waals surface area contributed by atoms with E-state index in [4.69, 9.17) is 0 Å². The molecule has 0 saturated heterocycles. The first-order valence-corrected chi connectivity index (χ1v) is 5.61. The quantitative estimate of drug-likeness (QED) is 0.820. The molecule has 0 amide bonds. The Hall–Kier alpha value is -1.60. The summed E-state index contributed by atoms with van der Waals surface area (Å²) in [6.07, 6.45) is 0. The second-order valence-corrected chi connectivity index (χ2v) is 4.06. The van der Waals surface area contributed by atoms with Crippen molar-refractivity contribution in [2.75, 3.05) is 7.05 Å². The summed E-state index contributed by atoms with van der Waals surface area (Å²) in [7, 11) is 1.98. The summed E-state index contributed by atoms with van der Waals surface area (Å²) in [5.41, 5.74) is 5.27. The molecule has 0 saturated carbocycles. The minimum absolute atomic E-state index is 0.907. The Labute approximate surface area is 97.1 Å². The molecule has 2 rings (SSSR count). The molecule has 0 aliphatic rings. The van der Waals surface area contributed by atoms with Gasteiger partial charge in [-0.1, -0.05) is 54.1 Å². The zero-order valence-corrected chi connectivity index (χ0v) is 9.83. The van der Waals surface area contributed by atoms with E-state index in [1.54, 1.807) is 0 Å². The van der Waals surface area contributed by atoms with Crippen LogP contribution in [0.3, 0.4) is 0 Å². The van der Waals surface area contributed by atoms with Gasteiger partial charge in [-0.05, 0) is 30.7 Å². The fourth-order valence-corrected chi connectivity index (χ4v) is 1.92. The number of nitrogens with one attached hydrogen (secondary N) is 1. The minimum Gasteiger partial charge on any atom is -0.316 e. The predicted molar refractivity (Wildman–Crippen MR) is 69.4 cm³/mol. The molecule has 1 N–H and O–H groups in total. The molecule has 0 heterocycles. The lowest BCUT2D eigenvalue weighted by Gasteiger charge is -2.10. The molecule has 0 aromatic heterocycles. The highest BCUT2D eigenvalue weighted by Gasteiger charge is 2.03. The Bertz CT molecular complexity index is 460. The third-order valence-electron chi connectivity index (χ3n) is 2.72. The van der Waals surface area contributed by atoms with Gasteiger partial charge in [-0.2, -0.15) is 0 Å². The first-order valence-electron chi connectivity index (χ1n) is 5.61. The van der Waals surface area contributed by atoms with Gasteiger partial charge < -0.3 is 5.32 Å². The van der Waals surface area contributed by atoms with E-state index >= 15 is 0 Å². The smallest absolute Gasteiger partial charge is 0.0208 e. The van der Waals surface area contributed by atoms with Crippen molar-refractivity contribution in [3.63, 3.8) is 0 Å². The first kappa shape index (κ1) is 10.9. The molecule has 16 heavy (non-hydrogen) atoms. The highest BCUT2D eigenvalue weighted by atomic mass is 14.8. The van der Waals surface area contributed by atoms with Gasteiger partial charge in [0.1, 0.15) is 0 Å². The van der Waals surface area contributed by atoms with Crippen molar-refractivity contribution in [3.05, 3.63) is 59.7 Å². The van der Waals surface area contributed by atoms with Crippen molar-refractivity contribution >= 4 is 0 Å². The number of benzene rings is 2. The Morgan fingerprint density at radius 1 is 1.00 bits per heavy atom. The summed E-state index contributed by atoms with van der Waals surface area (Å²) >= 11 is 0. The van der Waals surface area contributed by atoms with Crippen LogP contribution in [-0.4, -0.2) is 7.05 Å². The van der Waals surface area contributed by atoms with Crippen LogP contribution in [0.25, 0.3) is 11.1 Å². The first-order chi connectivity index (χ1) is 7.81. The number of aryl methyl sites for hydroxylation is 1. The maximum atomic E-state index is 3.21. The topological polar surface area (TPSA) is 12.0 Å². The molecule has 0 radical (unpaired) electrons. The lowest BCUT2D eigenvalue weighted by molar-refractivity contribution is 0.819. The Morgan fingerprint density at radius 3 is 2.44 bits per heavy atom. The lowest BCUT2D eigenvalue weighted by Crippen LogP contribution is -2.06. The SMILES string of the molecule is CNCc1ccc(C)cc1-c1ccccc1. The van der Waals surface area contributed by atoms with Crippen molar-refractivity contribution in [1.82, 2.24) is 5.32 Å². The summed E-state index contributed by atoms with van der Waals surface area (Å²) in [5, 5.41) is 3.21. The van der Waals surface area contributed by atoms with Crippen molar-refractivity contribution in [2.24, 2.45) is 0 Å². The van der Waals surface area contributed by atoms with Crippen molar-refractivity contribution in [3.8, 4) is 11.1 Å². The van der Waals surface area contributed by atoms with Crippen LogP contribution < -0.4 is 5.32 Å². The average molecular weight is 211 g/mol. The largest absolute Gasteiger partial charge is 0.316 e. The second kappa shape index (κ2) is 4.95. The van der Waals surface area contributed by atoms with Crippen molar-refractivity contribution in [2.45, 2.75) is 13.5 Å². The standard InChI is InChI=1S/C15H17N/c1-12-8-9-14(11-16-2)15(10-12)13-6-4-3-5-7-13/h3-10,16H,11H2,1-2H3. The van der Waals surface area contributed by atoms with Crippen LogP contribution in [-0.2, 0) is 6.54 Å². The van der Waals surface area contributed by atoms with Gasteiger partial charge in [-0.15, -0.1) is 0 Å². The molecule has 82 valence electrons. The fraction of sp³-hybridized carbons (Fsp3) is 0.200. The molecule has 0 aliphatic carbocycles. The van der Waals surface area contributed by atoms with E-state index in [0.717, 1.165) is 6.54 Å². The van der Waals surface area contributed by atoms with E-state index in [1.165, 1.54) is 22.3 Å². The van der Waals surface area contributed by atoms with Gasteiger partial charge in [0.05, 0.1) is 0 Å². The summed E-state index contributed by atoms with van der Waals surface area (Å²) in [5.74, 6) is 0. The van der Waals surface area contributed by atoms with Gasteiger partial charge in [0.25, 0.3) is 0 Å². The van der Waals surface area contributed by atoms with E-state index < -0.39 is 0 Å². The van der Waals surface area contributed by atoms with Crippen molar-refractivity contribution in [1.29, 1.82) is 0 Å². The summed E-state index contributed by atoms with van der Waals surface area (Å²) in [4.78, 5) is 0. The Balaban J connectivity index is 2.49. The summed E-state index contributed by atoms with van der Waals surface area (Å²) < 4.78 is 0. The maximum Gasteiger partial charge on any atom is 0.0208 e. The van der Waals surface area contributed by atoms with Gasteiger partial charge in [-0.3, -0.25) is 0 Å². The molecule has 0 fully saturated rings. The third-order valence-corrected chi connectivity index (χ3v) is 2.72. The van der Waals surface area contributed by atoms with Crippen LogP contribution in [0.4, 0.5) is 0 Å². The predicted octanol–water partition coefficient (Wildman–Crippen LogP) is 3.38. The molecule has 1 nitrogen and oxygen atoms in total. The highest BCUT2D eigenvalue weighted by Crippen LogP contribution is 2.24. The molecular weight excluding hydrogens is 194 g/mol. The summed E-state index contributed by atoms with van der Waals surface area (Å²) in [6.45, 7) is 3.04. The fourth-order valence-electron chi connectivity index (χ4n) is 1.92. The number of hydrogen-bond acceptors (Lipinski definition) is 1. The average Bonchev–Trinajstić information content (AvgIpc) is 2.33. The third kappa shape index (κ3) is 2.31.